The van der Waals surface area contributed by atoms with Crippen LogP contribution in [-0.2, 0) is 9.47 Å². The summed E-state index contributed by atoms with van der Waals surface area (Å²) in [6.45, 7) is 10.6. The maximum Gasteiger partial charge on any atom is 0.0624 e. The van der Waals surface area contributed by atoms with E-state index in [9.17, 15) is 0 Å². The Morgan fingerprint density at radius 2 is 1.82 bits per heavy atom. The molecule has 0 aromatic rings. The highest BCUT2D eigenvalue weighted by atomic mass is 16.5. The van der Waals surface area contributed by atoms with Crippen LogP contribution < -0.4 is 5.32 Å². The average molecular weight is 243 g/mol. The van der Waals surface area contributed by atoms with Gasteiger partial charge in [0.25, 0.3) is 0 Å². The molecule has 17 heavy (non-hydrogen) atoms. The molecule has 0 aliphatic carbocycles. The summed E-state index contributed by atoms with van der Waals surface area (Å²) in [7, 11) is 0. The zero-order valence-corrected chi connectivity index (χ0v) is 11.9. The van der Waals surface area contributed by atoms with E-state index in [0.717, 1.165) is 32.4 Å². The molecule has 0 radical (unpaired) electrons. The van der Waals surface area contributed by atoms with Crippen LogP contribution in [0, 0.1) is 0 Å². The van der Waals surface area contributed by atoms with Gasteiger partial charge in [-0.25, -0.2) is 0 Å². The Bertz CT molecular complexity index is 187. The van der Waals surface area contributed by atoms with Crippen molar-refractivity contribution in [3.63, 3.8) is 0 Å². The highest BCUT2D eigenvalue weighted by Gasteiger charge is 2.24. The van der Waals surface area contributed by atoms with Crippen molar-refractivity contribution < 1.29 is 9.47 Å². The molecule has 0 saturated carbocycles. The lowest BCUT2D eigenvalue weighted by molar-refractivity contribution is -0.102. The molecular formula is C14H29NO2. The molecule has 0 aromatic heterocycles. The van der Waals surface area contributed by atoms with E-state index in [1.54, 1.807) is 0 Å². The molecule has 2 unspecified atom stereocenters. The summed E-state index contributed by atoms with van der Waals surface area (Å²) in [5.74, 6) is 0. The van der Waals surface area contributed by atoms with Crippen molar-refractivity contribution in [2.45, 2.75) is 77.7 Å². The molecule has 0 aromatic carbocycles. The summed E-state index contributed by atoms with van der Waals surface area (Å²) in [6.07, 6.45) is 5.57. The second-order valence-electron chi connectivity index (χ2n) is 5.54. The van der Waals surface area contributed by atoms with Crippen LogP contribution in [0.1, 0.15) is 53.4 Å². The fraction of sp³-hybridized carbons (Fsp3) is 1.00. The molecule has 3 nitrogen and oxygen atoms in total. The van der Waals surface area contributed by atoms with Gasteiger partial charge in [-0.3, -0.25) is 0 Å². The molecule has 102 valence electrons. The van der Waals surface area contributed by atoms with Crippen molar-refractivity contribution in [1.29, 1.82) is 0 Å². The third-order valence-corrected chi connectivity index (χ3v) is 3.13. The Labute approximate surface area is 106 Å². The van der Waals surface area contributed by atoms with Crippen LogP contribution in [0.5, 0.6) is 0 Å². The van der Waals surface area contributed by atoms with Crippen molar-refractivity contribution in [2.24, 2.45) is 0 Å². The molecule has 3 heteroatoms. The number of hydrogen-bond acceptors (Lipinski definition) is 3. The van der Waals surface area contributed by atoms with E-state index in [1.807, 2.05) is 0 Å². The minimum absolute atomic E-state index is 0.353. The van der Waals surface area contributed by atoms with Gasteiger partial charge in [-0.05, 0) is 46.1 Å². The quantitative estimate of drug-likeness (QED) is 0.697. The van der Waals surface area contributed by atoms with Crippen molar-refractivity contribution in [3.05, 3.63) is 0 Å². The Morgan fingerprint density at radius 3 is 2.41 bits per heavy atom. The number of ether oxygens (including phenoxy) is 2. The fourth-order valence-electron chi connectivity index (χ4n) is 2.35. The van der Waals surface area contributed by atoms with Gasteiger partial charge in [-0.15, -0.1) is 0 Å². The molecule has 0 spiro atoms. The summed E-state index contributed by atoms with van der Waals surface area (Å²) < 4.78 is 11.6. The lowest BCUT2D eigenvalue weighted by atomic mass is 10.0. The van der Waals surface area contributed by atoms with Crippen LogP contribution in [-0.4, -0.2) is 37.5 Å². The molecule has 1 rings (SSSR count). The number of hydrogen-bond donors (Lipinski definition) is 1. The Kier molecular flexibility index (Phi) is 7.09. The van der Waals surface area contributed by atoms with Crippen LogP contribution in [0.2, 0.25) is 0 Å². The summed E-state index contributed by atoms with van der Waals surface area (Å²) in [5, 5.41) is 3.42. The molecule has 0 amide bonds. The first-order chi connectivity index (χ1) is 8.08. The topological polar surface area (TPSA) is 30.5 Å². The van der Waals surface area contributed by atoms with Gasteiger partial charge in [-0.1, -0.05) is 13.8 Å². The van der Waals surface area contributed by atoms with Crippen molar-refractivity contribution in [2.75, 3.05) is 13.2 Å². The average Bonchev–Trinajstić information content (AvgIpc) is 2.21. The molecule has 1 aliphatic heterocycles. The Morgan fingerprint density at radius 1 is 1.18 bits per heavy atom. The van der Waals surface area contributed by atoms with Crippen LogP contribution >= 0.6 is 0 Å². The van der Waals surface area contributed by atoms with E-state index >= 15 is 0 Å². The maximum atomic E-state index is 5.92. The minimum Gasteiger partial charge on any atom is -0.378 e. The van der Waals surface area contributed by atoms with Gasteiger partial charge in [0.15, 0.2) is 0 Å². The molecule has 2 atom stereocenters. The molecular weight excluding hydrogens is 214 g/mol. The van der Waals surface area contributed by atoms with E-state index in [0.29, 0.717) is 24.4 Å². The summed E-state index contributed by atoms with van der Waals surface area (Å²) in [4.78, 5) is 0. The minimum atomic E-state index is 0.353. The van der Waals surface area contributed by atoms with Crippen LogP contribution in [0.4, 0.5) is 0 Å². The highest BCUT2D eigenvalue weighted by Crippen LogP contribution is 2.21. The second kappa shape index (κ2) is 8.06. The lowest BCUT2D eigenvalue weighted by Gasteiger charge is -2.32. The molecule has 1 N–H and O–H groups in total. The van der Waals surface area contributed by atoms with E-state index in [2.05, 4.69) is 33.0 Å². The molecule has 1 saturated heterocycles. The van der Waals surface area contributed by atoms with E-state index in [4.69, 9.17) is 9.47 Å². The van der Waals surface area contributed by atoms with Crippen molar-refractivity contribution >= 4 is 0 Å². The third kappa shape index (κ3) is 7.02. The first-order valence-corrected chi connectivity index (χ1v) is 7.08. The van der Waals surface area contributed by atoms with Gasteiger partial charge < -0.3 is 14.8 Å². The van der Waals surface area contributed by atoms with E-state index < -0.39 is 0 Å². The number of unbranched alkanes of at least 4 members (excludes halogenated alkanes) is 1. The van der Waals surface area contributed by atoms with Crippen LogP contribution in [0.15, 0.2) is 0 Å². The van der Waals surface area contributed by atoms with Gasteiger partial charge in [0.2, 0.25) is 0 Å². The fourth-order valence-corrected chi connectivity index (χ4v) is 2.35. The van der Waals surface area contributed by atoms with Crippen molar-refractivity contribution in [1.82, 2.24) is 5.32 Å². The molecule has 1 heterocycles. The number of nitrogens with one attached hydrogen (secondary N) is 1. The second-order valence-corrected chi connectivity index (χ2v) is 5.54. The Hall–Kier alpha value is -0.120. The normalized spacial score (nSPS) is 29.8. The molecule has 1 aliphatic rings. The van der Waals surface area contributed by atoms with Gasteiger partial charge in [0.05, 0.1) is 18.3 Å². The van der Waals surface area contributed by atoms with E-state index in [-0.39, 0.29) is 0 Å². The van der Waals surface area contributed by atoms with E-state index in [1.165, 1.54) is 6.42 Å². The predicted octanol–water partition coefficient (Wildman–Crippen LogP) is 2.74. The smallest absolute Gasteiger partial charge is 0.0624 e. The standard InChI is InChI=1S/C14H29NO2/c1-11(2)15-7-5-6-8-16-14-9-12(3)17-13(4)10-14/h11-15H,5-10H2,1-4H3. The number of rotatable bonds is 7. The summed E-state index contributed by atoms with van der Waals surface area (Å²) in [5.41, 5.74) is 0. The third-order valence-electron chi connectivity index (χ3n) is 3.13. The Balaban J connectivity index is 1.98. The highest BCUT2D eigenvalue weighted by molar-refractivity contribution is 4.73. The summed E-state index contributed by atoms with van der Waals surface area (Å²) >= 11 is 0. The maximum absolute atomic E-state index is 5.92. The summed E-state index contributed by atoms with van der Waals surface area (Å²) in [6, 6.07) is 0.591. The lowest BCUT2D eigenvalue weighted by Crippen LogP contribution is -2.34. The van der Waals surface area contributed by atoms with Gasteiger partial charge in [0, 0.05) is 12.6 Å². The monoisotopic (exact) mass is 243 g/mol. The largest absolute Gasteiger partial charge is 0.378 e. The predicted molar refractivity (Wildman–Crippen MR) is 71.4 cm³/mol. The van der Waals surface area contributed by atoms with Gasteiger partial charge >= 0.3 is 0 Å². The zero-order valence-electron chi connectivity index (χ0n) is 11.9. The first-order valence-electron chi connectivity index (χ1n) is 7.08. The zero-order chi connectivity index (χ0) is 12.7. The first kappa shape index (κ1) is 14.9. The molecule has 0 bridgehead atoms. The van der Waals surface area contributed by atoms with Gasteiger partial charge in [0.1, 0.15) is 0 Å². The van der Waals surface area contributed by atoms with Crippen LogP contribution in [0.25, 0.3) is 0 Å². The SMILES string of the molecule is CC(C)NCCCCOC1CC(C)OC(C)C1. The molecule has 1 fully saturated rings. The van der Waals surface area contributed by atoms with Crippen molar-refractivity contribution in [3.8, 4) is 0 Å². The van der Waals surface area contributed by atoms with Gasteiger partial charge in [-0.2, -0.15) is 0 Å². The van der Waals surface area contributed by atoms with Crippen LogP contribution in [0.3, 0.4) is 0 Å².